The monoisotopic (exact) mass is 293 g/mol. The van der Waals surface area contributed by atoms with E-state index in [1.165, 1.54) is 6.42 Å². The molecular formula is C13H15N3OS2. The Morgan fingerprint density at radius 3 is 2.79 bits per heavy atom. The van der Waals surface area contributed by atoms with E-state index in [4.69, 9.17) is 4.74 Å². The first kappa shape index (κ1) is 12.6. The molecule has 0 bridgehead atoms. The van der Waals surface area contributed by atoms with Crippen molar-refractivity contribution >= 4 is 33.4 Å². The Labute approximate surface area is 120 Å². The van der Waals surface area contributed by atoms with Gasteiger partial charge in [-0.1, -0.05) is 13.3 Å². The first-order valence-electron chi connectivity index (χ1n) is 6.32. The fourth-order valence-corrected chi connectivity index (χ4v) is 3.24. The van der Waals surface area contributed by atoms with Crippen LogP contribution in [0.2, 0.25) is 0 Å². The molecule has 0 fully saturated rings. The van der Waals surface area contributed by atoms with Crippen molar-refractivity contribution in [3.63, 3.8) is 0 Å². The van der Waals surface area contributed by atoms with Gasteiger partial charge in [-0.3, -0.25) is 14.9 Å². The maximum atomic E-state index is 6.08. The van der Waals surface area contributed by atoms with Gasteiger partial charge in [0.1, 0.15) is 5.00 Å². The minimum absolute atomic E-state index is 0.0810. The van der Waals surface area contributed by atoms with Crippen molar-refractivity contribution in [1.82, 2.24) is 9.97 Å². The third-order valence-corrected chi connectivity index (χ3v) is 4.56. The summed E-state index contributed by atoms with van der Waals surface area (Å²) in [5, 5.41) is 1.13. The molecule has 100 valence electrons. The van der Waals surface area contributed by atoms with E-state index in [-0.39, 0.29) is 6.23 Å². The fourth-order valence-electron chi connectivity index (χ4n) is 2.02. The molecule has 0 amide bonds. The number of aromatic nitrogens is 2. The molecule has 3 rings (SSSR count). The van der Waals surface area contributed by atoms with Crippen molar-refractivity contribution in [3.05, 3.63) is 34.5 Å². The molecule has 0 saturated carbocycles. The van der Waals surface area contributed by atoms with Gasteiger partial charge in [-0.15, -0.1) is 22.7 Å². The van der Waals surface area contributed by atoms with Crippen molar-refractivity contribution in [2.45, 2.75) is 32.4 Å². The molecule has 6 heteroatoms. The molecule has 0 aromatic carbocycles. The summed E-state index contributed by atoms with van der Waals surface area (Å²) in [7, 11) is 0. The van der Waals surface area contributed by atoms with Gasteiger partial charge in [0.25, 0.3) is 0 Å². The van der Waals surface area contributed by atoms with E-state index < -0.39 is 0 Å². The second kappa shape index (κ2) is 5.71. The van der Waals surface area contributed by atoms with Crippen LogP contribution in [0.1, 0.15) is 31.1 Å². The van der Waals surface area contributed by atoms with Crippen molar-refractivity contribution in [2.75, 3.05) is 4.90 Å². The van der Waals surface area contributed by atoms with Crippen molar-refractivity contribution in [3.8, 4) is 0 Å². The highest BCUT2D eigenvalue weighted by Gasteiger charge is 2.28. The van der Waals surface area contributed by atoms with E-state index in [1.807, 2.05) is 23.4 Å². The molecule has 1 aliphatic rings. The predicted molar refractivity (Wildman–Crippen MR) is 79.1 cm³/mol. The fraction of sp³-hybridized carbons (Fsp3) is 0.385. The molecule has 0 saturated heterocycles. The number of rotatable bonds is 5. The average molecular weight is 293 g/mol. The van der Waals surface area contributed by atoms with Gasteiger partial charge < -0.3 is 4.74 Å². The van der Waals surface area contributed by atoms with Crippen LogP contribution < -0.4 is 4.90 Å². The zero-order chi connectivity index (χ0) is 13.1. The molecule has 0 radical (unpaired) electrons. The largest absolute Gasteiger partial charge is 0.467 e. The van der Waals surface area contributed by atoms with Crippen molar-refractivity contribution in [1.29, 1.82) is 0 Å². The van der Waals surface area contributed by atoms with Gasteiger partial charge in [0.05, 0.1) is 28.3 Å². The zero-order valence-electron chi connectivity index (χ0n) is 10.7. The summed E-state index contributed by atoms with van der Waals surface area (Å²) in [5.74, 6) is 0.914. The minimum atomic E-state index is 0.0810. The van der Waals surface area contributed by atoms with E-state index in [2.05, 4.69) is 28.0 Å². The van der Waals surface area contributed by atoms with Crippen LogP contribution >= 0.6 is 22.7 Å². The summed E-state index contributed by atoms with van der Waals surface area (Å²) in [4.78, 5) is 11.5. The van der Waals surface area contributed by atoms with E-state index in [0.29, 0.717) is 0 Å². The first-order valence-corrected chi connectivity index (χ1v) is 8.08. The number of thiazole rings is 2. The van der Waals surface area contributed by atoms with E-state index in [0.717, 1.165) is 28.5 Å². The molecule has 2 aromatic rings. The van der Waals surface area contributed by atoms with Gasteiger partial charge in [0, 0.05) is 12.6 Å². The van der Waals surface area contributed by atoms with Crippen LogP contribution in [0, 0.1) is 0 Å². The third-order valence-electron chi connectivity index (χ3n) is 2.98. The highest BCUT2D eigenvalue weighted by molar-refractivity contribution is 7.13. The highest BCUT2D eigenvalue weighted by atomic mass is 32.1. The Hall–Kier alpha value is -1.40. The molecule has 2 aromatic heterocycles. The molecule has 19 heavy (non-hydrogen) atoms. The molecule has 0 N–H and O–H groups in total. The second-order valence-corrected chi connectivity index (χ2v) is 6.07. The van der Waals surface area contributed by atoms with Crippen molar-refractivity contribution < 1.29 is 4.74 Å². The summed E-state index contributed by atoms with van der Waals surface area (Å²) >= 11 is 3.24. The lowest BCUT2D eigenvalue weighted by Gasteiger charge is -2.22. The lowest BCUT2D eigenvalue weighted by molar-refractivity contribution is 0.180. The maximum Gasteiger partial charge on any atom is 0.176 e. The minimum Gasteiger partial charge on any atom is -0.467 e. The van der Waals surface area contributed by atoms with Gasteiger partial charge in [-0.05, 0) is 6.42 Å². The summed E-state index contributed by atoms with van der Waals surface area (Å²) in [5.41, 5.74) is 3.68. The smallest absolute Gasteiger partial charge is 0.176 e. The topological polar surface area (TPSA) is 38.2 Å². The quantitative estimate of drug-likeness (QED) is 0.836. The predicted octanol–water partition coefficient (Wildman–Crippen LogP) is 3.95. The Morgan fingerprint density at radius 1 is 1.26 bits per heavy atom. The molecule has 3 heterocycles. The number of ether oxygens (including phenoxy) is 1. The van der Waals surface area contributed by atoms with Crippen LogP contribution in [0.25, 0.3) is 5.76 Å². The van der Waals surface area contributed by atoms with Gasteiger partial charge in [0.15, 0.2) is 12.0 Å². The lowest BCUT2D eigenvalue weighted by atomic mass is 10.2. The van der Waals surface area contributed by atoms with Gasteiger partial charge in [0.2, 0.25) is 0 Å². The average Bonchev–Trinajstić information content (AvgIpc) is 3.14. The van der Waals surface area contributed by atoms with Crippen LogP contribution in [0.5, 0.6) is 0 Å². The van der Waals surface area contributed by atoms with Gasteiger partial charge in [-0.25, -0.2) is 0 Å². The van der Waals surface area contributed by atoms with Crippen molar-refractivity contribution in [2.24, 2.45) is 0 Å². The maximum absolute atomic E-state index is 6.08. The standard InChI is InChI=1S/C13H15N3OS2/c1-2-3-4-12-16(13-6-15-9-19-13)7-10(17-12)11-5-14-8-18-11/h5-9,12H,2-4H2,1H3. The number of nitrogens with zero attached hydrogens (tertiary/aromatic N) is 3. The third kappa shape index (κ3) is 2.64. The lowest BCUT2D eigenvalue weighted by Crippen LogP contribution is -2.26. The summed E-state index contributed by atoms with van der Waals surface area (Å²) in [6.07, 6.45) is 9.24. The van der Waals surface area contributed by atoms with E-state index in [9.17, 15) is 0 Å². The highest BCUT2D eigenvalue weighted by Crippen LogP contribution is 2.35. The van der Waals surface area contributed by atoms with Crippen LogP contribution in [-0.4, -0.2) is 16.2 Å². The summed E-state index contributed by atoms with van der Waals surface area (Å²) in [6, 6.07) is 0. The number of hydrogen-bond acceptors (Lipinski definition) is 6. The zero-order valence-corrected chi connectivity index (χ0v) is 12.3. The van der Waals surface area contributed by atoms with Gasteiger partial charge in [-0.2, -0.15) is 0 Å². The molecular weight excluding hydrogens is 278 g/mol. The van der Waals surface area contributed by atoms with Gasteiger partial charge >= 0.3 is 0 Å². The van der Waals surface area contributed by atoms with E-state index >= 15 is 0 Å². The van der Waals surface area contributed by atoms with Crippen LogP contribution in [-0.2, 0) is 4.74 Å². The molecule has 0 aliphatic carbocycles. The van der Waals surface area contributed by atoms with Crippen LogP contribution in [0.3, 0.4) is 0 Å². The SMILES string of the molecule is CCCCC1OC(c2cncs2)=CN1c1cncs1. The number of hydrogen-bond donors (Lipinski definition) is 0. The number of anilines is 1. The summed E-state index contributed by atoms with van der Waals surface area (Å²) < 4.78 is 6.08. The van der Waals surface area contributed by atoms with Crippen LogP contribution in [0.15, 0.2) is 29.6 Å². The second-order valence-electron chi connectivity index (χ2n) is 4.32. The molecule has 0 spiro atoms. The Kier molecular flexibility index (Phi) is 3.79. The first-order chi connectivity index (χ1) is 9.38. The number of unbranched alkanes of at least 4 members (excludes halogenated alkanes) is 1. The van der Waals surface area contributed by atoms with E-state index in [1.54, 1.807) is 22.7 Å². The Balaban J connectivity index is 1.83. The molecule has 1 aliphatic heterocycles. The Morgan fingerprint density at radius 2 is 2.11 bits per heavy atom. The normalized spacial score (nSPS) is 18.5. The summed E-state index contributed by atoms with van der Waals surface area (Å²) in [6.45, 7) is 2.20. The molecule has 4 nitrogen and oxygen atoms in total. The Bertz CT molecular complexity index is 536. The molecule has 1 atom stereocenters. The molecule has 1 unspecified atom stereocenters. The van der Waals surface area contributed by atoms with Crippen LogP contribution in [0.4, 0.5) is 5.00 Å².